The summed E-state index contributed by atoms with van der Waals surface area (Å²) in [4.78, 5) is 26.3. The Bertz CT molecular complexity index is 1350. The number of benzene rings is 3. The second-order valence-electron chi connectivity index (χ2n) is 8.51. The summed E-state index contributed by atoms with van der Waals surface area (Å²) in [6.07, 6.45) is 0. The quantitative estimate of drug-likeness (QED) is 0.467. The SMILES string of the molecule is Cc1ccc(C)c(OCC(=O)OCC(=O)N2CCN(S(=O)(=O)c3ccc4ccccc4c3)CC2)c1. The predicted molar refractivity (Wildman–Crippen MR) is 132 cm³/mol. The summed E-state index contributed by atoms with van der Waals surface area (Å²) in [5.74, 6) is -0.415. The van der Waals surface area contributed by atoms with E-state index < -0.39 is 22.6 Å². The number of carbonyl (C=O) groups is 2. The van der Waals surface area contributed by atoms with E-state index in [0.29, 0.717) is 5.75 Å². The van der Waals surface area contributed by atoms with Crippen LogP contribution in [-0.2, 0) is 24.3 Å². The number of aryl methyl sites for hydroxylation is 2. The molecule has 8 nitrogen and oxygen atoms in total. The minimum Gasteiger partial charge on any atom is -0.482 e. The number of rotatable bonds is 7. The highest BCUT2D eigenvalue weighted by atomic mass is 32.2. The summed E-state index contributed by atoms with van der Waals surface area (Å²) in [6, 6.07) is 18.3. The van der Waals surface area contributed by atoms with Gasteiger partial charge in [0, 0.05) is 26.2 Å². The molecule has 3 aromatic carbocycles. The van der Waals surface area contributed by atoms with Crippen LogP contribution in [0.15, 0.2) is 65.6 Å². The van der Waals surface area contributed by atoms with Gasteiger partial charge in [0.1, 0.15) is 5.75 Å². The van der Waals surface area contributed by atoms with Crippen molar-refractivity contribution in [3.63, 3.8) is 0 Å². The van der Waals surface area contributed by atoms with Crippen LogP contribution in [-0.4, -0.2) is 68.9 Å². The molecule has 35 heavy (non-hydrogen) atoms. The number of nitrogens with zero attached hydrogens (tertiary/aromatic N) is 2. The van der Waals surface area contributed by atoms with Gasteiger partial charge in [0.15, 0.2) is 13.2 Å². The van der Waals surface area contributed by atoms with Crippen LogP contribution >= 0.6 is 0 Å². The molecule has 1 fully saturated rings. The van der Waals surface area contributed by atoms with Gasteiger partial charge in [-0.05, 0) is 53.9 Å². The number of carbonyl (C=O) groups excluding carboxylic acids is 2. The smallest absolute Gasteiger partial charge is 0.344 e. The largest absolute Gasteiger partial charge is 0.482 e. The lowest BCUT2D eigenvalue weighted by atomic mass is 10.1. The first-order chi connectivity index (χ1) is 16.7. The third kappa shape index (κ3) is 5.80. The highest BCUT2D eigenvalue weighted by molar-refractivity contribution is 7.89. The first-order valence-corrected chi connectivity index (χ1v) is 12.8. The predicted octanol–water partition coefficient (Wildman–Crippen LogP) is 2.91. The molecule has 0 spiro atoms. The highest BCUT2D eigenvalue weighted by Gasteiger charge is 2.30. The Morgan fingerprint density at radius 3 is 2.31 bits per heavy atom. The van der Waals surface area contributed by atoms with Gasteiger partial charge in [0.05, 0.1) is 4.90 Å². The summed E-state index contributed by atoms with van der Waals surface area (Å²) in [6.45, 7) is 3.89. The number of sulfonamides is 1. The Hall–Kier alpha value is -3.43. The molecule has 0 aromatic heterocycles. The van der Waals surface area contributed by atoms with E-state index in [9.17, 15) is 18.0 Å². The lowest BCUT2D eigenvalue weighted by Gasteiger charge is -2.33. The molecule has 1 heterocycles. The summed E-state index contributed by atoms with van der Waals surface area (Å²) in [7, 11) is -3.68. The Kier molecular flexibility index (Phi) is 7.37. The van der Waals surface area contributed by atoms with Crippen molar-refractivity contribution >= 4 is 32.7 Å². The normalized spacial score (nSPS) is 14.6. The maximum atomic E-state index is 13.1. The van der Waals surface area contributed by atoms with Crippen LogP contribution in [0.4, 0.5) is 0 Å². The third-order valence-electron chi connectivity index (χ3n) is 6.00. The van der Waals surface area contributed by atoms with Crippen molar-refractivity contribution in [2.75, 3.05) is 39.4 Å². The van der Waals surface area contributed by atoms with Gasteiger partial charge in [-0.2, -0.15) is 4.31 Å². The Morgan fingerprint density at radius 1 is 0.857 bits per heavy atom. The average molecular weight is 497 g/mol. The standard InChI is InChI=1S/C26H28N2O6S/c1-19-7-8-20(2)24(15-19)33-18-26(30)34-17-25(29)27-11-13-28(14-12-27)35(31,32)23-10-9-21-5-3-4-6-22(21)16-23/h3-10,15-16H,11-14,17-18H2,1-2H3. The van der Waals surface area contributed by atoms with Gasteiger partial charge in [-0.25, -0.2) is 13.2 Å². The first kappa shape index (κ1) is 24.7. The van der Waals surface area contributed by atoms with Crippen molar-refractivity contribution in [2.24, 2.45) is 0 Å². The number of esters is 1. The summed E-state index contributed by atoms with van der Waals surface area (Å²) in [5, 5.41) is 1.82. The molecule has 3 aromatic rings. The number of piperazine rings is 1. The fraction of sp³-hybridized carbons (Fsp3) is 0.308. The Labute approximate surface area is 205 Å². The van der Waals surface area contributed by atoms with Crippen LogP contribution in [0.25, 0.3) is 10.8 Å². The van der Waals surface area contributed by atoms with Crippen LogP contribution in [0.3, 0.4) is 0 Å². The van der Waals surface area contributed by atoms with Crippen LogP contribution in [0.1, 0.15) is 11.1 Å². The van der Waals surface area contributed by atoms with Crippen molar-refractivity contribution in [2.45, 2.75) is 18.7 Å². The molecule has 1 aliphatic heterocycles. The van der Waals surface area contributed by atoms with Crippen molar-refractivity contribution < 1.29 is 27.5 Å². The van der Waals surface area contributed by atoms with E-state index in [1.807, 2.05) is 56.3 Å². The topological polar surface area (TPSA) is 93.2 Å². The fourth-order valence-corrected chi connectivity index (χ4v) is 5.39. The van der Waals surface area contributed by atoms with Crippen molar-refractivity contribution in [1.29, 1.82) is 0 Å². The van der Waals surface area contributed by atoms with E-state index in [0.717, 1.165) is 21.9 Å². The second kappa shape index (κ2) is 10.5. The molecule has 0 radical (unpaired) electrons. The summed E-state index contributed by atoms with van der Waals surface area (Å²) >= 11 is 0. The molecule has 0 aliphatic carbocycles. The molecule has 4 rings (SSSR count). The third-order valence-corrected chi connectivity index (χ3v) is 7.89. The van der Waals surface area contributed by atoms with Gasteiger partial charge in [-0.1, -0.05) is 42.5 Å². The molecule has 0 N–H and O–H groups in total. The van der Waals surface area contributed by atoms with Gasteiger partial charge in [-0.15, -0.1) is 0 Å². The fourth-order valence-electron chi connectivity index (χ4n) is 3.93. The molecule has 0 atom stereocenters. The van der Waals surface area contributed by atoms with E-state index in [-0.39, 0.29) is 43.6 Å². The average Bonchev–Trinajstić information content (AvgIpc) is 2.87. The van der Waals surface area contributed by atoms with E-state index in [4.69, 9.17) is 9.47 Å². The minimum absolute atomic E-state index is 0.171. The maximum Gasteiger partial charge on any atom is 0.344 e. The Balaban J connectivity index is 1.26. The van der Waals surface area contributed by atoms with Crippen LogP contribution < -0.4 is 4.74 Å². The number of amides is 1. The van der Waals surface area contributed by atoms with E-state index in [1.54, 1.807) is 18.2 Å². The van der Waals surface area contributed by atoms with Gasteiger partial charge in [0.2, 0.25) is 10.0 Å². The Morgan fingerprint density at radius 2 is 1.57 bits per heavy atom. The number of hydrogen-bond acceptors (Lipinski definition) is 6. The molecule has 9 heteroatoms. The molecular formula is C26H28N2O6S. The van der Waals surface area contributed by atoms with Crippen LogP contribution in [0.5, 0.6) is 5.75 Å². The molecular weight excluding hydrogens is 468 g/mol. The second-order valence-corrected chi connectivity index (χ2v) is 10.5. The highest BCUT2D eigenvalue weighted by Crippen LogP contribution is 2.23. The first-order valence-electron chi connectivity index (χ1n) is 11.4. The summed E-state index contributed by atoms with van der Waals surface area (Å²) < 4.78 is 38.1. The lowest BCUT2D eigenvalue weighted by Crippen LogP contribution is -2.51. The molecule has 184 valence electrons. The summed E-state index contributed by atoms with van der Waals surface area (Å²) in [5.41, 5.74) is 1.91. The maximum absolute atomic E-state index is 13.1. The van der Waals surface area contributed by atoms with E-state index >= 15 is 0 Å². The number of fused-ring (bicyclic) bond motifs is 1. The molecule has 1 aliphatic rings. The van der Waals surface area contributed by atoms with Gasteiger partial charge >= 0.3 is 5.97 Å². The molecule has 0 unspecified atom stereocenters. The molecule has 0 bridgehead atoms. The zero-order chi connectivity index (χ0) is 25.0. The number of ether oxygens (including phenoxy) is 2. The van der Waals surface area contributed by atoms with E-state index in [1.165, 1.54) is 9.21 Å². The van der Waals surface area contributed by atoms with E-state index in [2.05, 4.69) is 0 Å². The minimum atomic E-state index is -3.68. The lowest BCUT2D eigenvalue weighted by molar-refractivity contribution is -0.154. The van der Waals surface area contributed by atoms with Crippen LogP contribution in [0.2, 0.25) is 0 Å². The van der Waals surface area contributed by atoms with Gasteiger partial charge in [0.25, 0.3) is 5.91 Å². The monoisotopic (exact) mass is 496 g/mol. The number of hydrogen-bond donors (Lipinski definition) is 0. The zero-order valence-electron chi connectivity index (χ0n) is 19.8. The van der Waals surface area contributed by atoms with Crippen molar-refractivity contribution in [3.8, 4) is 5.75 Å². The zero-order valence-corrected chi connectivity index (χ0v) is 20.6. The van der Waals surface area contributed by atoms with Crippen molar-refractivity contribution in [1.82, 2.24) is 9.21 Å². The molecule has 1 amide bonds. The van der Waals surface area contributed by atoms with Crippen LogP contribution in [0, 0.1) is 13.8 Å². The van der Waals surface area contributed by atoms with Crippen molar-refractivity contribution in [3.05, 3.63) is 71.8 Å². The van der Waals surface area contributed by atoms with Gasteiger partial charge in [-0.3, -0.25) is 4.79 Å². The van der Waals surface area contributed by atoms with Gasteiger partial charge < -0.3 is 14.4 Å². The molecule has 1 saturated heterocycles. The molecule has 0 saturated carbocycles.